The molecule has 2 aliphatic heterocycles. The lowest BCUT2D eigenvalue weighted by molar-refractivity contribution is -0.336. The quantitative estimate of drug-likeness (QED) is 0.857. The van der Waals surface area contributed by atoms with Crippen molar-refractivity contribution < 1.29 is 24.1 Å². The van der Waals surface area contributed by atoms with E-state index in [1.54, 1.807) is 6.08 Å². The van der Waals surface area contributed by atoms with Gasteiger partial charge in [-0.05, 0) is 0 Å². The first kappa shape index (κ1) is 14.7. The second-order valence-electron chi connectivity index (χ2n) is 5.21. The smallest absolute Gasteiger partial charge is 0.184 e. The summed E-state index contributed by atoms with van der Waals surface area (Å²) in [6.45, 7) is 4.36. The summed E-state index contributed by atoms with van der Waals surface area (Å²) in [5.41, 5.74) is 0.938. The van der Waals surface area contributed by atoms with Crippen molar-refractivity contribution in [2.75, 3.05) is 13.2 Å². The summed E-state index contributed by atoms with van der Waals surface area (Å²) in [5, 5.41) is 10.3. The number of hydrogen-bond acceptors (Lipinski definition) is 5. The van der Waals surface area contributed by atoms with Gasteiger partial charge in [-0.25, -0.2) is 0 Å². The molecule has 0 saturated carbocycles. The van der Waals surface area contributed by atoms with Crippen LogP contribution in [0, 0.1) is 0 Å². The van der Waals surface area contributed by atoms with Crippen LogP contribution < -0.4 is 0 Å². The molecule has 0 aliphatic carbocycles. The molecule has 1 N–H and O–H groups in total. The Morgan fingerprint density at radius 3 is 2.86 bits per heavy atom. The molecule has 2 saturated heterocycles. The van der Waals surface area contributed by atoms with Gasteiger partial charge in [-0.15, -0.1) is 6.58 Å². The van der Waals surface area contributed by atoms with E-state index >= 15 is 0 Å². The largest absolute Gasteiger partial charge is 0.390 e. The molecule has 2 heterocycles. The minimum absolute atomic E-state index is 0.316. The molecule has 114 valence electrons. The van der Waals surface area contributed by atoms with Crippen LogP contribution in [0.5, 0.6) is 0 Å². The molecule has 1 aromatic carbocycles. The minimum Gasteiger partial charge on any atom is -0.390 e. The molecule has 2 aliphatic rings. The molecule has 0 bridgehead atoms. The first-order valence-corrected chi connectivity index (χ1v) is 7.16. The van der Waals surface area contributed by atoms with Gasteiger partial charge in [-0.3, -0.25) is 0 Å². The Bertz CT molecular complexity index is 463. The van der Waals surface area contributed by atoms with Crippen LogP contribution in [-0.2, 0) is 18.9 Å². The maximum absolute atomic E-state index is 10.3. The highest BCUT2D eigenvalue weighted by Crippen LogP contribution is 2.33. The zero-order chi connectivity index (χ0) is 14.7. The highest BCUT2D eigenvalue weighted by molar-refractivity contribution is 5.16. The monoisotopic (exact) mass is 292 g/mol. The van der Waals surface area contributed by atoms with Crippen molar-refractivity contribution in [2.45, 2.75) is 37.3 Å². The molecule has 0 radical (unpaired) electrons. The van der Waals surface area contributed by atoms with Crippen molar-refractivity contribution in [2.24, 2.45) is 0 Å². The molecule has 2 fully saturated rings. The van der Waals surface area contributed by atoms with Gasteiger partial charge in [-0.2, -0.15) is 0 Å². The Labute approximate surface area is 124 Å². The summed E-state index contributed by atoms with van der Waals surface area (Å²) in [5.74, 6) is 0. The van der Waals surface area contributed by atoms with Crippen LogP contribution in [0.25, 0.3) is 0 Å². The van der Waals surface area contributed by atoms with Crippen LogP contribution in [0.4, 0.5) is 0 Å². The van der Waals surface area contributed by atoms with Crippen molar-refractivity contribution in [3.63, 3.8) is 0 Å². The second-order valence-corrected chi connectivity index (χ2v) is 5.21. The average Bonchev–Trinajstić information content (AvgIpc) is 2.53. The van der Waals surface area contributed by atoms with Gasteiger partial charge < -0.3 is 24.1 Å². The van der Waals surface area contributed by atoms with Gasteiger partial charge >= 0.3 is 0 Å². The molecule has 5 heteroatoms. The molecule has 1 aromatic rings. The minimum atomic E-state index is -0.631. The van der Waals surface area contributed by atoms with Crippen LogP contribution in [0.1, 0.15) is 18.3 Å². The summed E-state index contributed by atoms with van der Waals surface area (Å²) in [6, 6.07) is 9.69. The van der Waals surface area contributed by atoms with Gasteiger partial charge in [0.1, 0.15) is 12.2 Å². The number of aliphatic hydroxyl groups is 1. The van der Waals surface area contributed by atoms with E-state index in [9.17, 15) is 5.11 Å². The molecule has 21 heavy (non-hydrogen) atoms. The average molecular weight is 292 g/mol. The number of benzene rings is 1. The van der Waals surface area contributed by atoms with Crippen LogP contribution in [0.3, 0.4) is 0 Å². The van der Waals surface area contributed by atoms with E-state index in [0.29, 0.717) is 19.6 Å². The van der Waals surface area contributed by atoms with E-state index in [4.69, 9.17) is 18.9 Å². The molecular formula is C16H20O5. The topological polar surface area (TPSA) is 57.2 Å². The van der Waals surface area contributed by atoms with E-state index in [1.807, 2.05) is 30.3 Å². The standard InChI is InChI=1S/C16H20O5/c1-2-8-18-14-9-12(17)15-13(20-14)10-19-16(21-15)11-6-4-3-5-7-11/h2-7,12-17H,1,8-10H2/t12?,13-,14+,15+,16?/m1/s1. The third-order valence-electron chi connectivity index (χ3n) is 3.67. The molecule has 0 aromatic heterocycles. The summed E-state index contributed by atoms with van der Waals surface area (Å²) < 4.78 is 22.8. The molecule has 5 nitrogen and oxygen atoms in total. The van der Waals surface area contributed by atoms with Crippen molar-refractivity contribution in [3.05, 3.63) is 48.6 Å². The Morgan fingerprint density at radius 1 is 1.29 bits per heavy atom. The van der Waals surface area contributed by atoms with Gasteiger partial charge in [0.2, 0.25) is 0 Å². The van der Waals surface area contributed by atoms with Crippen molar-refractivity contribution in [1.29, 1.82) is 0 Å². The Balaban J connectivity index is 1.63. The van der Waals surface area contributed by atoms with Gasteiger partial charge in [-0.1, -0.05) is 36.4 Å². The summed E-state index contributed by atoms with van der Waals surface area (Å²) in [7, 11) is 0. The van der Waals surface area contributed by atoms with Crippen LogP contribution in [-0.4, -0.2) is 42.9 Å². The van der Waals surface area contributed by atoms with Gasteiger partial charge in [0.05, 0.1) is 19.3 Å². The summed E-state index contributed by atoms with van der Waals surface area (Å²) >= 11 is 0. The SMILES string of the molecule is C=CCO[C@@H]1CC(O)[C@@H]2OC(c3ccccc3)OC[C@H]2O1. The van der Waals surface area contributed by atoms with Gasteiger partial charge in [0.15, 0.2) is 12.6 Å². The maximum Gasteiger partial charge on any atom is 0.184 e. The molecule has 0 amide bonds. The van der Waals surface area contributed by atoms with E-state index in [-0.39, 0.29) is 6.10 Å². The van der Waals surface area contributed by atoms with E-state index in [0.717, 1.165) is 5.56 Å². The number of fused-ring (bicyclic) bond motifs is 1. The van der Waals surface area contributed by atoms with E-state index in [1.165, 1.54) is 0 Å². The molecule has 5 atom stereocenters. The Kier molecular flexibility index (Phi) is 4.67. The second kappa shape index (κ2) is 6.68. The predicted octanol–water partition coefficient (Wildman–Crippen LogP) is 1.78. The number of rotatable bonds is 4. The Hall–Kier alpha value is -1.24. The number of aliphatic hydroxyl groups excluding tert-OH is 1. The lowest BCUT2D eigenvalue weighted by Crippen LogP contribution is -2.55. The fourth-order valence-corrected chi connectivity index (χ4v) is 2.65. The predicted molar refractivity (Wildman–Crippen MR) is 75.4 cm³/mol. The van der Waals surface area contributed by atoms with Gasteiger partial charge in [0, 0.05) is 12.0 Å². The summed E-state index contributed by atoms with van der Waals surface area (Å²) in [6.07, 6.45) is -0.210. The molecule has 2 unspecified atom stereocenters. The van der Waals surface area contributed by atoms with E-state index in [2.05, 4.69) is 6.58 Å². The van der Waals surface area contributed by atoms with Crippen LogP contribution in [0.15, 0.2) is 43.0 Å². The zero-order valence-electron chi connectivity index (χ0n) is 11.8. The van der Waals surface area contributed by atoms with Crippen molar-refractivity contribution in [1.82, 2.24) is 0 Å². The highest BCUT2D eigenvalue weighted by atomic mass is 16.7. The van der Waals surface area contributed by atoms with E-state index < -0.39 is 24.8 Å². The lowest BCUT2D eigenvalue weighted by Gasteiger charge is -2.44. The van der Waals surface area contributed by atoms with Crippen molar-refractivity contribution >= 4 is 0 Å². The fraction of sp³-hybridized carbons (Fsp3) is 0.500. The zero-order valence-corrected chi connectivity index (χ0v) is 11.8. The Morgan fingerprint density at radius 2 is 2.10 bits per heavy atom. The molecule has 3 rings (SSSR count). The number of hydrogen-bond donors (Lipinski definition) is 1. The summed E-state index contributed by atoms with van der Waals surface area (Å²) in [4.78, 5) is 0. The van der Waals surface area contributed by atoms with Crippen molar-refractivity contribution in [3.8, 4) is 0 Å². The fourth-order valence-electron chi connectivity index (χ4n) is 2.65. The number of ether oxygens (including phenoxy) is 4. The van der Waals surface area contributed by atoms with Crippen LogP contribution in [0.2, 0.25) is 0 Å². The third-order valence-corrected chi connectivity index (χ3v) is 3.67. The van der Waals surface area contributed by atoms with Crippen LogP contribution >= 0.6 is 0 Å². The maximum atomic E-state index is 10.3. The highest BCUT2D eigenvalue weighted by Gasteiger charge is 2.44. The molecule has 0 spiro atoms. The first-order valence-electron chi connectivity index (χ1n) is 7.16. The lowest BCUT2D eigenvalue weighted by atomic mass is 10.0. The normalized spacial score (nSPS) is 36.0. The third kappa shape index (κ3) is 3.33. The first-order chi connectivity index (χ1) is 10.3. The molecular weight excluding hydrogens is 272 g/mol. The van der Waals surface area contributed by atoms with Gasteiger partial charge in [0.25, 0.3) is 0 Å².